The molecule has 4 N–H and O–H groups in total. The van der Waals surface area contributed by atoms with Crippen LogP contribution in [-0.4, -0.2) is 44.0 Å². The largest absolute Gasteiger partial charge is 0.469 e. The van der Waals surface area contributed by atoms with Crippen LogP contribution in [0.1, 0.15) is 26.7 Å². The zero-order chi connectivity index (χ0) is 14.8. The zero-order valence-corrected chi connectivity index (χ0v) is 11.7. The number of amides is 2. The number of nitrogens with two attached hydrogens (primary N) is 1. The second-order valence-corrected chi connectivity index (χ2v) is 4.57. The third-order valence-electron chi connectivity index (χ3n) is 2.40. The van der Waals surface area contributed by atoms with E-state index in [0.717, 1.165) is 0 Å². The van der Waals surface area contributed by atoms with E-state index in [9.17, 15) is 14.4 Å². The van der Waals surface area contributed by atoms with Gasteiger partial charge in [-0.1, -0.05) is 13.8 Å². The van der Waals surface area contributed by atoms with Crippen molar-refractivity contribution in [1.29, 1.82) is 0 Å². The summed E-state index contributed by atoms with van der Waals surface area (Å²) in [7, 11) is 1.28. The molecule has 0 fully saturated rings. The molecule has 0 rings (SSSR count). The van der Waals surface area contributed by atoms with E-state index < -0.39 is 12.0 Å². The van der Waals surface area contributed by atoms with Crippen LogP contribution in [0.4, 0.5) is 0 Å². The van der Waals surface area contributed by atoms with E-state index >= 15 is 0 Å². The van der Waals surface area contributed by atoms with Crippen molar-refractivity contribution >= 4 is 17.8 Å². The molecule has 0 aromatic carbocycles. The minimum atomic E-state index is -0.631. The first-order valence-corrected chi connectivity index (χ1v) is 6.24. The lowest BCUT2D eigenvalue weighted by Gasteiger charge is -2.19. The molecule has 0 aromatic heterocycles. The SMILES string of the molecule is COC(=O)CCNC(=O)[C@H](CC(C)C)NC(=O)CN. The predicted molar refractivity (Wildman–Crippen MR) is 70.1 cm³/mol. The summed E-state index contributed by atoms with van der Waals surface area (Å²) in [6.07, 6.45) is 0.608. The smallest absolute Gasteiger partial charge is 0.307 e. The number of methoxy groups -OCH3 is 1. The lowest BCUT2D eigenvalue weighted by molar-refractivity contribution is -0.140. The predicted octanol–water partition coefficient (Wildman–Crippen LogP) is -0.845. The van der Waals surface area contributed by atoms with Crippen LogP contribution in [0.2, 0.25) is 0 Å². The maximum absolute atomic E-state index is 11.9. The van der Waals surface area contributed by atoms with E-state index in [0.29, 0.717) is 6.42 Å². The van der Waals surface area contributed by atoms with Gasteiger partial charge in [0.2, 0.25) is 11.8 Å². The van der Waals surface area contributed by atoms with E-state index in [1.54, 1.807) is 0 Å². The Morgan fingerprint density at radius 3 is 2.37 bits per heavy atom. The third-order valence-corrected chi connectivity index (χ3v) is 2.40. The van der Waals surface area contributed by atoms with Crippen LogP contribution < -0.4 is 16.4 Å². The summed E-state index contributed by atoms with van der Waals surface area (Å²) in [6.45, 7) is 3.91. The van der Waals surface area contributed by atoms with Gasteiger partial charge in [-0.25, -0.2) is 0 Å². The van der Waals surface area contributed by atoms with Gasteiger partial charge in [0.05, 0.1) is 20.1 Å². The van der Waals surface area contributed by atoms with Gasteiger partial charge in [-0.05, 0) is 12.3 Å². The monoisotopic (exact) mass is 273 g/mol. The summed E-state index contributed by atoms with van der Waals surface area (Å²) in [6, 6.07) is -0.631. The van der Waals surface area contributed by atoms with Gasteiger partial charge < -0.3 is 21.1 Å². The standard InChI is InChI=1S/C12H23N3O4/c1-8(2)6-9(15-10(16)7-13)12(18)14-5-4-11(17)19-3/h8-9H,4-7,13H2,1-3H3,(H,14,18)(H,15,16)/t9-/m0/s1. The van der Waals surface area contributed by atoms with Gasteiger partial charge in [0.15, 0.2) is 0 Å². The molecule has 0 saturated carbocycles. The Balaban J connectivity index is 4.29. The number of carbonyl (C=O) groups is 3. The Hall–Kier alpha value is -1.63. The first kappa shape index (κ1) is 17.4. The van der Waals surface area contributed by atoms with Gasteiger partial charge >= 0.3 is 5.97 Å². The van der Waals surface area contributed by atoms with Crippen molar-refractivity contribution in [2.45, 2.75) is 32.7 Å². The van der Waals surface area contributed by atoms with Gasteiger partial charge in [0.25, 0.3) is 0 Å². The summed E-state index contributed by atoms with van der Waals surface area (Å²) < 4.78 is 4.46. The highest BCUT2D eigenvalue weighted by atomic mass is 16.5. The Bertz CT molecular complexity index is 318. The Morgan fingerprint density at radius 1 is 1.26 bits per heavy atom. The lowest BCUT2D eigenvalue weighted by atomic mass is 10.0. The van der Waals surface area contributed by atoms with Crippen molar-refractivity contribution in [3.8, 4) is 0 Å². The van der Waals surface area contributed by atoms with Crippen molar-refractivity contribution in [3.05, 3.63) is 0 Å². The third kappa shape index (κ3) is 8.15. The van der Waals surface area contributed by atoms with Gasteiger partial charge in [0.1, 0.15) is 6.04 Å². The normalized spacial score (nSPS) is 11.8. The maximum atomic E-state index is 11.9. The van der Waals surface area contributed by atoms with E-state index in [1.807, 2.05) is 13.8 Å². The number of hydrogen-bond acceptors (Lipinski definition) is 5. The minimum absolute atomic E-state index is 0.0987. The van der Waals surface area contributed by atoms with Crippen molar-refractivity contribution in [2.75, 3.05) is 20.2 Å². The van der Waals surface area contributed by atoms with E-state index in [4.69, 9.17) is 5.73 Å². The Labute approximate surface area is 113 Å². The van der Waals surface area contributed by atoms with Gasteiger partial charge in [-0.15, -0.1) is 0 Å². The summed E-state index contributed by atoms with van der Waals surface area (Å²) in [5.74, 6) is -0.852. The molecule has 2 amide bonds. The van der Waals surface area contributed by atoms with Crippen LogP contribution in [-0.2, 0) is 19.1 Å². The highest BCUT2D eigenvalue weighted by Crippen LogP contribution is 2.05. The fourth-order valence-electron chi connectivity index (χ4n) is 1.47. The number of esters is 1. The van der Waals surface area contributed by atoms with E-state index in [1.165, 1.54) is 7.11 Å². The molecule has 110 valence electrons. The molecule has 0 aliphatic carbocycles. The molecule has 0 unspecified atom stereocenters. The molecule has 0 aliphatic rings. The molecule has 0 heterocycles. The minimum Gasteiger partial charge on any atom is -0.469 e. The van der Waals surface area contributed by atoms with Crippen LogP contribution >= 0.6 is 0 Å². The molecule has 0 bridgehead atoms. The molecule has 0 saturated heterocycles. The van der Waals surface area contributed by atoms with Crippen LogP contribution in [0, 0.1) is 5.92 Å². The number of hydrogen-bond donors (Lipinski definition) is 3. The van der Waals surface area contributed by atoms with Crippen LogP contribution in [0.15, 0.2) is 0 Å². The van der Waals surface area contributed by atoms with Gasteiger partial charge in [-0.2, -0.15) is 0 Å². The van der Waals surface area contributed by atoms with Gasteiger partial charge in [0, 0.05) is 6.54 Å². The molecular formula is C12H23N3O4. The zero-order valence-electron chi connectivity index (χ0n) is 11.7. The quantitative estimate of drug-likeness (QED) is 0.499. The molecular weight excluding hydrogens is 250 g/mol. The van der Waals surface area contributed by atoms with Crippen LogP contribution in [0.3, 0.4) is 0 Å². The second kappa shape index (κ2) is 9.32. The van der Waals surface area contributed by atoms with Crippen molar-refractivity contribution < 1.29 is 19.1 Å². The fraction of sp³-hybridized carbons (Fsp3) is 0.750. The maximum Gasteiger partial charge on any atom is 0.307 e. The first-order chi connectivity index (χ1) is 8.90. The number of carbonyl (C=O) groups excluding carboxylic acids is 3. The fourth-order valence-corrected chi connectivity index (χ4v) is 1.47. The molecule has 7 heteroatoms. The molecule has 19 heavy (non-hydrogen) atoms. The Kier molecular flexibility index (Phi) is 8.52. The first-order valence-electron chi connectivity index (χ1n) is 6.24. The van der Waals surface area contributed by atoms with Crippen molar-refractivity contribution in [1.82, 2.24) is 10.6 Å². The average molecular weight is 273 g/mol. The average Bonchev–Trinajstić information content (AvgIpc) is 2.36. The number of rotatable bonds is 8. The summed E-state index contributed by atoms with van der Waals surface area (Å²) >= 11 is 0. The molecule has 0 radical (unpaired) electrons. The highest BCUT2D eigenvalue weighted by molar-refractivity contribution is 5.88. The van der Waals surface area contributed by atoms with Gasteiger partial charge in [-0.3, -0.25) is 14.4 Å². The van der Waals surface area contributed by atoms with Crippen molar-refractivity contribution in [3.63, 3.8) is 0 Å². The highest BCUT2D eigenvalue weighted by Gasteiger charge is 2.21. The number of nitrogens with one attached hydrogen (secondary N) is 2. The topological polar surface area (TPSA) is 111 Å². The second-order valence-electron chi connectivity index (χ2n) is 4.57. The Morgan fingerprint density at radius 2 is 1.89 bits per heavy atom. The van der Waals surface area contributed by atoms with E-state index in [-0.39, 0.29) is 37.2 Å². The van der Waals surface area contributed by atoms with Crippen molar-refractivity contribution in [2.24, 2.45) is 11.7 Å². The molecule has 0 aromatic rings. The molecule has 7 nitrogen and oxygen atoms in total. The van der Waals surface area contributed by atoms with E-state index in [2.05, 4.69) is 15.4 Å². The lowest BCUT2D eigenvalue weighted by Crippen LogP contribution is -2.49. The summed E-state index contributed by atoms with van der Waals surface area (Å²) in [5.41, 5.74) is 5.20. The van der Waals surface area contributed by atoms with Crippen LogP contribution in [0.5, 0.6) is 0 Å². The summed E-state index contributed by atoms with van der Waals surface area (Å²) in [4.78, 5) is 34.0. The molecule has 1 atom stereocenters. The summed E-state index contributed by atoms with van der Waals surface area (Å²) in [5, 5.41) is 5.15. The van der Waals surface area contributed by atoms with Crippen LogP contribution in [0.25, 0.3) is 0 Å². The number of ether oxygens (including phenoxy) is 1. The molecule has 0 spiro atoms. The molecule has 0 aliphatic heterocycles.